The maximum atomic E-state index is 12.5. The first-order chi connectivity index (χ1) is 13.0. The van der Waals surface area contributed by atoms with Gasteiger partial charge in [-0.2, -0.15) is 0 Å². The van der Waals surface area contributed by atoms with Crippen LogP contribution in [0.4, 0.5) is 5.69 Å². The maximum absolute atomic E-state index is 12.5. The molecule has 3 aromatic carbocycles. The van der Waals surface area contributed by atoms with E-state index in [1.807, 2.05) is 36.4 Å². The molecule has 0 radical (unpaired) electrons. The van der Waals surface area contributed by atoms with E-state index < -0.39 is 18.0 Å². The molecule has 0 aliphatic carbocycles. The molecule has 0 spiro atoms. The highest BCUT2D eigenvalue weighted by Crippen LogP contribution is 2.30. The minimum atomic E-state index is -1.05. The zero-order valence-electron chi connectivity index (χ0n) is 14.9. The fraction of sp³-hybridized carbons (Fsp3) is 0.143. The van der Waals surface area contributed by atoms with Crippen molar-refractivity contribution in [2.75, 3.05) is 12.4 Å². The Morgan fingerprint density at radius 3 is 2.48 bits per heavy atom. The molecule has 3 aromatic rings. The van der Waals surface area contributed by atoms with Crippen molar-refractivity contribution >= 4 is 28.3 Å². The summed E-state index contributed by atoms with van der Waals surface area (Å²) in [5, 5.41) is 14.7. The third-order valence-electron chi connectivity index (χ3n) is 4.14. The lowest BCUT2D eigenvalue weighted by atomic mass is 10.1. The first kappa shape index (κ1) is 18.3. The highest BCUT2D eigenvalue weighted by Gasteiger charge is 2.22. The van der Waals surface area contributed by atoms with E-state index in [0.29, 0.717) is 5.69 Å². The first-order valence-electron chi connectivity index (χ1n) is 8.37. The lowest BCUT2D eigenvalue weighted by Crippen LogP contribution is -2.30. The number of aromatic hydroxyl groups is 1. The molecule has 138 valence electrons. The summed E-state index contributed by atoms with van der Waals surface area (Å²) in [6.07, 6.45) is -1.05. The standard InChI is InChI=1S/C21H19NO5/c1-13(27-21(25)16-10-6-12-18(26-2)19(16)23)20(24)22-17-11-5-8-14-7-3-4-9-15(14)17/h3-13,23H,1-2H3,(H,22,24)/t13-/m1/s1. The molecule has 0 saturated heterocycles. The highest BCUT2D eigenvalue weighted by molar-refractivity contribution is 6.04. The van der Waals surface area contributed by atoms with Gasteiger partial charge in [-0.1, -0.05) is 42.5 Å². The van der Waals surface area contributed by atoms with E-state index >= 15 is 0 Å². The van der Waals surface area contributed by atoms with Crippen LogP contribution in [0.1, 0.15) is 17.3 Å². The maximum Gasteiger partial charge on any atom is 0.342 e. The Labute approximate surface area is 156 Å². The van der Waals surface area contributed by atoms with Gasteiger partial charge in [0, 0.05) is 11.1 Å². The monoisotopic (exact) mass is 365 g/mol. The van der Waals surface area contributed by atoms with Crippen LogP contribution in [0, 0.1) is 0 Å². The minimum absolute atomic E-state index is 0.0702. The van der Waals surface area contributed by atoms with E-state index in [9.17, 15) is 14.7 Å². The van der Waals surface area contributed by atoms with Gasteiger partial charge in [0.1, 0.15) is 5.56 Å². The van der Waals surface area contributed by atoms with Gasteiger partial charge >= 0.3 is 5.97 Å². The largest absolute Gasteiger partial charge is 0.504 e. The quantitative estimate of drug-likeness (QED) is 0.673. The second kappa shape index (κ2) is 7.78. The van der Waals surface area contributed by atoms with Gasteiger partial charge in [-0.05, 0) is 30.5 Å². The number of rotatable bonds is 5. The molecule has 6 nitrogen and oxygen atoms in total. The summed E-state index contributed by atoms with van der Waals surface area (Å²) in [5.74, 6) is -1.46. The minimum Gasteiger partial charge on any atom is -0.504 e. The summed E-state index contributed by atoms with van der Waals surface area (Å²) in [6, 6.07) is 17.7. The van der Waals surface area contributed by atoms with Crippen molar-refractivity contribution in [1.82, 2.24) is 0 Å². The number of anilines is 1. The van der Waals surface area contributed by atoms with E-state index in [-0.39, 0.29) is 17.1 Å². The molecule has 0 fully saturated rings. The van der Waals surface area contributed by atoms with E-state index in [2.05, 4.69) is 5.32 Å². The third-order valence-corrected chi connectivity index (χ3v) is 4.14. The number of phenolic OH excluding ortho intramolecular Hbond substituents is 1. The summed E-state index contributed by atoms with van der Waals surface area (Å²) < 4.78 is 10.2. The number of phenols is 1. The molecular weight excluding hydrogens is 346 g/mol. The fourth-order valence-electron chi connectivity index (χ4n) is 2.70. The zero-order chi connectivity index (χ0) is 19.4. The van der Waals surface area contributed by atoms with Crippen molar-refractivity contribution < 1.29 is 24.2 Å². The molecule has 0 aliphatic rings. The fourth-order valence-corrected chi connectivity index (χ4v) is 2.70. The van der Waals surface area contributed by atoms with Crippen LogP contribution in [-0.4, -0.2) is 30.2 Å². The molecule has 0 unspecified atom stereocenters. The molecule has 0 heterocycles. The number of hydrogen-bond donors (Lipinski definition) is 2. The molecule has 27 heavy (non-hydrogen) atoms. The number of hydrogen-bond acceptors (Lipinski definition) is 5. The van der Waals surface area contributed by atoms with Crippen LogP contribution in [0.2, 0.25) is 0 Å². The van der Waals surface area contributed by atoms with Crippen LogP contribution in [0.5, 0.6) is 11.5 Å². The number of methoxy groups -OCH3 is 1. The second-order valence-corrected chi connectivity index (χ2v) is 5.92. The molecule has 6 heteroatoms. The normalized spacial score (nSPS) is 11.6. The van der Waals surface area contributed by atoms with Crippen molar-refractivity contribution in [2.24, 2.45) is 0 Å². The molecule has 1 atom stereocenters. The van der Waals surface area contributed by atoms with Gasteiger partial charge in [0.2, 0.25) is 0 Å². The summed E-state index contributed by atoms with van der Waals surface area (Å²) in [7, 11) is 1.38. The van der Waals surface area contributed by atoms with Crippen molar-refractivity contribution in [3.05, 3.63) is 66.2 Å². The number of benzene rings is 3. The Hall–Kier alpha value is -3.54. The van der Waals surface area contributed by atoms with Gasteiger partial charge in [-0.15, -0.1) is 0 Å². The molecular formula is C21H19NO5. The van der Waals surface area contributed by atoms with Gasteiger partial charge < -0.3 is 19.9 Å². The van der Waals surface area contributed by atoms with Crippen molar-refractivity contribution in [1.29, 1.82) is 0 Å². The second-order valence-electron chi connectivity index (χ2n) is 5.92. The molecule has 0 saturated carbocycles. The molecule has 3 rings (SSSR count). The number of fused-ring (bicyclic) bond motifs is 1. The third kappa shape index (κ3) is 3.84. The summed E-state index contributed by atoms with van der Waals surface area (Å²) in [6.45, 7) is 1.47. The highest BCUT2D eigenvalue weighted by atomic mass is 16.5. The Morgan fingerprint density at radius 2 is 1.70 bits per heavy atom. The summed E-state index contributed by atoms with van der Waals surface area (Å²) in [5.41, 5.74) is 0.560. The van der Waals surface area contributed by atoms with Crippen LogP contribution < -0.4 is 10.1 Å². The molecule has 0 aromatic heterocycles. The van der Waals surface area contributed by atoms with Crippen molar-refractivity contribution in [3.63, 3.8) is 0 Å². The van der Waals surface area contributed by atoms with Gasteiger partial charge in [0.05, 0.1) is 7.11 Å². The topological polar surface area (TPSA) is 84.9 Å². The lowest BCUT2D eigenvalue weighted by Gasteiger charge is -2.15. The van der Waals surface area contributed by atoms with E-state index in [1.54, 1.807) is 12.1 Å². The van der Waals surface area contributed by atoms with Crippen LogP contribution >= 0.6 is 0 Å². The zero-order valence-corrected chi connectivity index (χ0v) is 14.9. The van der Waals surface area contributed by atoms with Crippen LogP contribution in [0.15, 0.2) is 60.7 Å². The van der Waals surface area contributed by atoms with Crippen LogP contribution in [-0.2, 0) is 9.53 Å². The molecule has 0 bridgehead atoms. The Morgan fingerprint density at radius 1 is 1.00 bits per heavy atom. The number of ether oxygens (including phenoxy) is 2. The van der Waals surface area contributed by atoms with Crippen LogP contribution in [0.25, 0.3) is 10.8 Å². The Balaban J connectivity index is 1.73. The average Bonchev–Trinajstić information content (AvgIpc) is 2.68. The van der Waals surface area contributed by atoms with Crippen LogP contribution in [0.3, 0.4) is 0 Å². The van der Waals surface area contributed by atoms with E-state index in [0.717, 1.165) is 10.8 Å². The first-order valence-corrected chi connectivity index (χ1v) is 8.37. The number of para-hydroxylation sites is 1. The number of amides is 1. The number of carbonyl (C=O) groups excluding carboxylic acids is 2. The lowest BCUT2D eigenvalue weighted by molar-refractivity contribution is -0.123. The van der Waals surface area contributed by atoms with Gasteiger partial charge in [0.15, 0.2) is 17.6 Å². The van der Waals surface area contributed by atoms with E-state index in [1.165, 1.54) is 26.2 Å². The van der Waals surface area contributed by atoms with Crippen molar-refractivity contribution in [3.8, 4) is 11.5 Å². The number of esters is 1. The Bertz CT molecular complexity index is 994. The predicted octanol–water partition coefficient (Wildman–Crippen LogP) is 3.74. The van der Waals surface area contributed by atoms with Gasteiger partial charge in [-0.3, -0.25) is 4.79 Å². The van der Waals surface area contributed by atoms with Gasteiger partial charge in [-0.25, -0.2) is 4.79 Å². The molecule has 0 aliphatic heterocycles. The number of nitrogens with one attached hydrogen (secondary N) is 1. The SMILES string of the molecule is COc1cccc(C(=O)O[C@H](C)C(=O)Nc2cccc3ccccc23)c1O. The Kier molecular flexibility index (Phi) is 5.26. The molecule has 1 amide bonds. The van der Waals surface area contributed by atoms with Crippen molar-refractivity contribution in [2.45, 2.75) is 13.0 Å². The summed E-state index contributed by atoms with van der Waals surface area (Å²) >= 11 is 0. The van der Waals surface area contributed by atoms with E-state index in [4.69, 9.17) is 9.47 Å². The number of carbonyl (C=O) groups is 2. The summed E-state index contributed by atoms with van der Waals surface area (Å²) in [4.78, 5) is 24.8. The molecule has 2 N–H and O–H groups in total. The predicted molar refractivity (Wildman–Crippen MR) is 102 cm³/mol. The smallest absolute Gasteiger partial charge is 0.342 e. The van der Waals surface area contributed by atoms with Gasteiger partial charge in [0.25, 0.3) is 5.91 Å². The average molecular weight is 365 g/mol.